The summed E-state index contributed by atoms with van der Waals surface area (Å²) in [6, 6.07) is 0.365. The Morgan fingerprint density at radius 2 is 2.38 bits per heavy atom. The van der Waals surface area contributed by atoms with E-state index in [4.69, 9.17) is 0 Å². The molecule has 0 aromatic carbocycles. The summed E-state index contributed by atoms with van der Waals surface area (Å²) in [5.74, 6) is 0.958. The minimum atomic E-state index is -0.186. The van der Waals surface area contributed by atoms with Crippen LogP contribution in [0.25, 0.3) is 0 Å². The first kappa shape index (κ1) is 11.5. The Labute approximate surface area is 95.9 Å². The lowest BCUT2D eigenvalue weighted by atomic mass is 9.64. The van der Waals surface area contributed by atoms with Crippen LogP contribution in [0.3, 0.4) is 0 Å². The zero-order valence-corrected chi connectivity index (χ0v) is 10.1. The molecule has 16 heavy (non-hydrogen) atoms. The van der Waals surface area contributed by atoms with Crippen LogP contribution in [0, 0.1) is 5.41 Å². The second kappa shape index (κ2) is 4.14. The van der Waals surface area contributed by atoms with Crippen molar-refractivity contribution in [2.45, 2.75) is 52.4 Å². The molecule has 1 saturated carbocycles. The van der Waals surface area contributed by atoms with Crippen LogP contribution in [0.1, 0.15) is 33.0 Å². The summed E-state index contributed by atoms with van der Waals surface area (Å²) >= 11 is 0. The highest BCUT2D eigenvalue weighted by molar-refractivity contribution is 5.02. The van der Waals surface area contributed by atoms with E-state index in [9.17, 15) is 5.11 Å². The maximum atomic E-state index is 9.63. The fourth-order valence-corrected chi connectivity index (χ4v) is 2.14. The van der Waals surface area contributed by atoms with Crippen molar-refractivity contribution in [2.75, 3.05) is 0 Å². The Hall–Kier alpha value is -0.940. The van der Waals surface area contributed by atoms with Gasteiger partial charge in [0, 0.05) is 18.0 Å². The third-order valence-corrected chi connectivity index (χ3v) is 3.76. The highest BCUT2D eigenvalue weighted by Crippen LogP contribution is 2.40. The van der Waals surface area contributed by atoms with E-state index in [0.29, 0.717) is 12.6 Å². The van der Waals surface area contributed by atoms with Gasteiger partial charge in [-0.2, -0.15) is 0 Å². The molecule has 2 unspecified atom stereocenters. The van der Waals surface area contributed by atoms with Gasteiger partial charge in [0.25, 0.3) is 0 Å². The van der Waals surface area contributed by atoms with Gasteiger partial charge in [-0.05, 0) is 13.3 Å². The van der Waals surface area contributed by atoms with Gasteiger partial charge in [-0.25, -0.2) is 0 Å². The molecule has 0 spiro atoms. The van der Waals surface area contributed by atoms with E-state index in [1.807, 2.05) is 4.57 Å². The van der Waals surface area contributed by atoms with Gasteiger partial charge in [0.2, 0.25) is 0 Å². The number of rotatable bonds is 4. The monoisotopic (exact) mass is 224 g/mol. The fraction of sp³-hybridized carbons (Fsp3) is 0.818. The number of aryl methyl sites for hydroxylation is 1. The molecule has 1 aliphatic rings. The smallest absolute Gasteiger partial charge is 0.146 e. The normalized spacial score (nSPS) is 27.8. The average molecular weight is 224 g/mol. The standard InChI is InChI=1S/C11H20N4O/c1-4-15-7-13-14-10(15)6-12-8-5-9(16)11(8,2)3/h7-9,12,16H,4-6H2,1-3H3. The quantitative estimate of drug-likeness (QED) is 0.784. The summed E-state index contributed by atoms with van der Waals surface area (Å²) in [4.78, 5) is 0. The Morgan fingerprint density at radius 3 is 2.94 bits per heavy atom. The molecule has 5 heteroatoms. The number of hydrogen-bond acceptors (Lipinski definition) is 4. The molecule has 1 aromatic rings. The Morgan fingerprint density at radius 1 is 1.62 bits per heavy atom. The molecule has 1 fully saturated rings. The van der Waals surface area contributed by atoms with E-state index in [2.05, 4.69) is 36.3 Å². The van der Waals surface area contributed by atoms with Gasteiger partial charge in [-0.1, -0.05) is 13.8 Å². The molecule has 5 nitrogen and oxygen atoms in total. The van der Waals surface area contributed by atoms with Crippen LogP contribution in [0.2, 0.25) is 0 Å². The van der Waals surface area contributed by atoms with E-state index in [1.54, 1.807) is 6.33 Å². The van der Waals surface area contributed by atoms with Gasteiger partial charge >= 0.3 is 0 Å². The maximum absolute atomic E-state index is 9.63. The number of aliphatic hydroxyl groups is 1. The van der Waals surface area contributed by atoms with E-state index in [-0.39, 0.29) is 11.5 Å². The Kier molecular flexibility index (Phi) is 2.99. The molecule has 0 bridgehead atoms. The van der Waals surface area contributed by atoms with Crippen LogP contribution < -0.4 is 5.32 Å². The molecule has 1 aromatic heterocycles. The lowest BCUT2D eigenvalue weighted by Gasteiger charge is -2.49. The summed E-state index contributed by atoms with van der Waals surface area (Å²) in [6.07, 6.45) is 2.39. The number of aromatic nitrogens is 3. The van der Waals surface area contributed by atoms with Gasteiger partial charge in [0.05, 0.1) is 12.6 Å². The summed E-state index contributed by atoms with van der Waals surface area (Å²) in [5.41, 5.74) is -0.0307. The highest BCUT2D eigenvalue weighted by Gasteiger charge is 2.46. The van der Waals surface area contributed by atoms with Gasteiger partial charge in [0.15, 0.2) is 0 Å². The number of hydrogen-bond donors (Lipinski definition) is 2. The molecule has 0 saturated heterocycles. The molecule has 2 rings (SSSR count). The minimum absolute atomic E-state index is 0.0307. The zero-order chi connectivity index (χ0) is 11.8. The number of nitrogens with one attached hydrogen (secondary N) is 1. The molecule has 2 N–H and O–H groups in total. The van der Waals surface area contributed by atoms with Crippen LogP contribution in [0.4, 0.5) is 0 Å². The minimum Gasteiger partial charge on any atom is -0.392 e. The number of aliphatic hydroxyl groups excluding tert-OH is 1. The summed E-state index contributed by atoms with van der Waals surface area (Å²) in [5, 5.41) is 21.0. The second-order valence-electron chi connectivity index (χ2n) is 5.04. The molecule has 0 aliphatic heterocycles. The number of nitrogens with zero attached hydrogens (tertiary/aromatic N) is 3. The first-order valence-corrected chi connectivity index (χ1v) is 5.83. The first-order valence-electron chi connectivity index (χ1n) is 5.83. The van der Waals surface area contributed by atoms with Crippen LogP contribution in [-0.4, -0.2) is 32.0 Å². The van der Waals surface area contributed by atoms with E-state index >= 15 is 0 Å². The molecular weight excluding hydrogens is 204 g/mol. The Bertz CT molecular complexity index is 361. The molecule has 90 valence electrons. The predicted octanol–water partition coefficient (Wildman–Crippen LogP) is 0.547. The largest absolute Gasteiger partial charge is 0.392 e. The van der Waals surface area contributed by atoms with Crippen molar-refractivity contribution in [3.63, 3.8) is 0 Å². The van der Waals surface area contributed by atoms with Crippen molar-refractivity contribution in [1.82, 2.24) is 20.1 Å². The van der Waals surface area contributed by atoms with Crippen LogP contribution in [0.5, 0.6) is 0 Å². The third-order valence-electron chi connectivity index (χ3n) is 3.76. The van der Waals surface area contributed by atoms with E-state index in [0.717, 1.165) is 18.8 Å². The van der Waals surface area contributed by atoms with E-state index < -0.39 is 0 Å². The lowest BCUT2D eigenvalue weighted by molar-refractivity contribution is -0.0732. The van der Waals surface area contributed by atoms with E-state index in [1.165, 1.54) is 0 Å². The van der Waals surface area contributed by atoms with Crippen LogP contribution >= 0.6 is 0 Å². The fourth-order valence-electron chi connectivity index (χ4n) is 2.14. The third kappa shape index (κ3) is 1.85. The van der Waals surface area contributed by atoms with Crippen molar-refractivity contribution in [1.29, 1.82) is 0 Å². The van der Waals surface area contributed by atoms with Gasteiger partial charge < -0.3 is 15.0 Å². The van der Waals surface area contributed by atoms with Crippen LogP contribution in [0.15, 0.2) is 6.33 Å². The second-order valence-corrected chi connectivity index (χ2v) is 5.04. The summed E-state index contributed by atoms with van der Waals surface area (Å²) in [6.45, 7) is 7.85. The summed E-state index contributed by atoms with van der Waals surface area (Å²) < 4.78 is 2.02. The average Bonchev–Trinajstić information content (AvgIpc) is 2.71. The van der Waals surface area contributed by atoms with Gasteiger partial charge in [0.1, 0.15) is 12.2 Å². The summed E-state index contributed by atoms with van der Waals surface area (Å²) in [7, 11) is 0. The molecule has 2 atom stereocenters. The predicted molar refractivity (Wildman–Crippen MR) is 60.7 cm³/mol. The molecule has 0 amide bonds. The van der Waals surface area contributed by atoms with Crippen molar-refractivity contribution in [3.05, 3.63) is 12.2 Å². The Balaban J connectivity index is 1.89. The van der Waals surface area contributed by atoms with Gasteiger partial charge in [-0.15, -0.1) is 10.2 Å². The van der Waals surface area contributed by atoms with Crippen molar-refractivity contribution >= 4 is 0 Å². The maximum Gasteiger partial charge on any atom is 0.146 e. The SMILES string of the molecule is CCn1cnnc1CNC1CC(O)C1(C)C. The highest BCUT2D eigenvalue weighted by atomic mass is 16.3. The van der Waals surface area contributed by atoms with Gasteiger partial charge in [-0.3, -0.25) is 0 Å². The van der Waals surface area contributed by atoms with Crippen molar-refractivity contribution < 1.29 is 5.11 Å². The molecule has 1 aliphatic carbocycles. The van der Waals surface area contributed by atoms with Crippen molar-refractivity contribution in [3.8, 4) is 0 Å². The first-order chi connectivity index (χ1) is 7.55. The lowest BCUT2D eigenvalue weighted by Crippen LogP contribution is -2.59. The molecule has 0 radical (unpaired) electrons. The topological polar surface area (TPSA) is 63.0 Å². The van der Waals surface area contributed by atoms with Crippen molar-refractivity contribution in [2.24, 2.45) is 5.41 Å². The van der Waals surface area contributed by atoms with Crippen LogP contribution in [-0.2, 0) is 13.1 Å². The molecular formula is C11H20N4O. The molecule has 1 heterocycles. The zero-order valence-electron chi connectivity index (χ0n) is 10.1.